The first-order valence-corrected chi connectivity index (χ1v) is 8.26. The second-order valence-electron chi connectivity index (χ2n) is 6.63. The molecule has 0 aromatic rings. The summed E-state index contributed by atoms with van der Waals surface area (Å²) >= 11 is 0. The molecule has 0 aromatic heterocycles. The van der Waals surface area contributed by atoms with E-state index in [9.17, 15) is 4.79 Å². The van der Waals surface area contributed by atoms with Crippen LogP contribution in [-0.4, -0.2) is 12.6 Å². The third kappa shape index (κ3) is 4.59. The highest BCUT2D eigenvalue weighted by Crippen LogP contribution is 2.34. The molecule has 2 aliphatic rings. The van der Waals surface area contributed by atoms with E-state index in [0.717, 1.165) is 50.5 Å². The number of esters is 1. The minimum absolute atomic E-state index is 0.0447. The second-order valence-corrected chi connectivity index (χ2v) is 6.63. The van der Waals surface area contributed by atoms with Crippen LogP contribution in [0.2, 0.25) is 0 Å². The average Bonchev–Trinajstić information content (AvgIpc) is 2.81. The number of unbranched alkanes of at least 4 members (excludes halogenated alkanes) is 1. The molecule has 0 radical (unpaired) electrons. The summed E-state index contributed by atoms with van der Waals surface area (Å²) in [5.41, 5.74) is 5.13. The molecule has 21 heavy (non-hydrogen) atoms. The van der Waals surface area contributed by atoms with Gasteiger partial charge in [-0.15, -0.1) is 0 Å². The zero-order chi connectivity index (χ0) is 15.2. The SMILES string of the molecule is CC(C)=CCCCC1CCC(C)=CCCC2=C1C(=O)OC2. The summed E-state index contributed by atoms with van der Waals surface area (Å²) in [4.78, 5) is 12.1. The molecule has 1 unspecified atom stereocenters. The number of carbonyl (C=O) groups is 1. The lowest BCUT2D eigenvalue weighted by atomic mass is 9.86. The molecule has 116 valence electrons. The summed E-state index contributed by atoms with van der Waals surface area (Å²) in [5.74, 6) is 0.346. The van der Waals surface area contributed by atoms with Gasteiger partial charge >= 0.3 is 5.97 Å². The Kier molecular flexibility index (Phi) is 5.84. The minimum atomic E-state index is -0.0447. The molecule has 1 atom stereocenters. The van der Waals surface area contributed by atoms with Gasteiger partial charge in [-0.3, -0.25) is 0 Å². The summed E-state index contributed by atoms with van der Waals surface area (Å²) in [6, 6.07) is 0. The fraction of sp³-hybridized carbons (Fsp3) is 0.632. The van der Waals surface area contributed by atoms with Crippen LogP contribution >= 0.6 is 0 Å². The van der Waals surface area contributed by atoms with Gasteiger partial charge in [0.05, 0.1) is 0 Å². The molecule has 0 aromatic carbocycles. The molecule has 0 spiro atoms. The van der Waals surface area contributed by atoms with Gasteiger partial charge in [0.2, 0.25) is 0 Å². The lowest BCUT2D eigenvalue weighted by molar-refractivity contribution is -0.136. The number of cyclic esters (lactones) is 1. The molecule has 1 aliphatic heterocycles. The van der Waals surface area contributed by atoms with Gasteiger partial charge in [0.25, 0.3) is 0 Å². The van der Waals surface area contributed by atoms with Gasteiger partial charge in [-0.05, 0) is 77.2 Å². The fourth-order valence-corrected chi connectivity index (χ4v) is 3.30. The van der Waals surface area contributed by atoms with Crippen LogP contribution in [-0.2, 0) is 9.53 Å². The van der Waals surface area contributed by atoms with Crippen molar-refractivity contribution in [3.05, 3.63) is 34.4 Å². The summed E-state index contributed by atoms with van der Waals surface area (Å²) in [6.45, 7) is 7.03. The van der Waals surface area contributed by atoms with E-state index in [-0.39, 0.29) is 5.97 Å². The first kappa shape index (κ1) is 16.1. The van der Waals surface area contributed by atoms with Gasteiger partial charge in [0.15, 0.2) is 0 Å². The van der Waals surface area contributed by atoms with Gasteiger partial charge < -0.3 is 4.74 Å². The molecule has 0 bridgehead atoms. The van der Waals surface area contributed by atoms with E-state index in [4.69, 9.17) is 4.74 Å². The Morgan fingerprint density at radius 3 is 2.95 bits per heavy atom. The number of rotatable bonds is 4. The molecular formula is C19H28O2. The lowest BCUT2D eigenvalue weighted by Gasteiger charge is -2.17. The summed E-state index contributed by atoms with van der Waals surface area (Å²) in [7, 11) is 0. The van der Waals surface area contributed by atoms with Crippen molar-refractivity contribution in [3.63, 3.8) is 0 Å². The zero-order valence-corrected chi connectivity index (χ0v) is 13.7. The predicted molar refractivity (Wildman–Crippen MR) is 87.0 cm³/mol. The maximum Gasteiger partial charge on any atom is 0.334 e. The van der Waals surface area contributed by atoms with Gasteiger partial charge in [0, 0.05) is 5.57 Å². The molecule has 2 heteroatoms. The number of allylic oxidation sites excluding steroid dienone is 4. The molecule has 1 heterocycles. The smallest absolute Gasteiger partial charge is 0.334 e. The third-order valence-corrected chi connectivity index (χ3v) is 4.52. The largest absolute Gasteiger partial charge is 0.458 e. The predicted octanol–water partition coefficient (Wildman–Crippen LogP) is 5.11. The van der Waals surface area contributed by atoms with Crippen LogP contribution in [0.5, 0.6) is 0 Å². The van der Waals surface area contributed by atoms with E-state index in [1.165, 1.54) is 16.7 Å². The molecule has 0 N–H and O–H groups in total. The topological polar surface area (TPSA) is 26.3 Å². The van der Waals surface area contributed by atoms with Crippen LogP contribution < -0.4 is 0 Å². The van der Waals surface area contributed by atoms with Crippen molar-refractivity contribution in [3.8, 4) is 0 Å². The third-order valence-electron chi connectivity index (χ3n) is 4.52. The summed E-state index contributed by atoms with van der Waals surface area (Å²) in [6.07, 6.45) is 12.2. The van der Waals surface area contributed by atoms with Crippen LogP contribution in [0.3, 0.4) is 0 Å². The van der Waals surface area contributed by atoms with Gasteiger partial charge in [-0.2, -0.15) is 0 Å². The summed E-state index contributed by atoms with van der Waals surface area (Å²) in [5, 5.41) is 0. The Bertz CT molecular complexity index is 476. The highest BCUT2D eigenvalue weighted by molar-refractivity contribution is 5.92. The second kappa shape index (κ2) is 7.63. The number of carbonyl (C=O) groups excluding carboxylic acids is 1. The van der Waals surface area contributed by atoms with Crippen molar-refractivity contribution in [2.45, 2.75) is 65.7 Å². The zero-order valence-electron chi connectivity index (χ0n) is 13.7. The monoisotopic (exact) mass is 288 g/mol. The van der Waals surface area contributed by atoms with Crippen molar-refractivity contribution in [1.29, 1.82) is 0 Å². The van der Waals surface area contributed by atoms with E-state index in [1.54, 1.807) is 0 Å². The van der Waals surface area contributed by atoms with Crippen LogP contribution in [0.4, 0.5) is 0 Å². The number of ether oxygens (including phenoxy) is 1. The maximum absolute atomic E-state index is 12.1. The van der Waals surface area contributed by atoms with E-state index in [2.05, 4.69) is 32.9 Å². The molecular weight excluding hydrogens is 260 g/mol. The van der Waals surface area contributed by atoms with Crippen molar-refractivity contribution in [2.75, 3.05) is 6.61 Å². The van der Waals surface area contributed by atoms with Crippen LogP contribution in [0, 0.1) is 5.92 Å². The highest BCUT2D eigenvalue weighted by Gasteiger charge is 2.30. The average molecular weight is 288 g/mol. The first-order valence-electron chi connectivity index (χ1n) is 8.26. The van der Waals surface area contributed by atoms with Gasteiger partial charge in [-0.1, -0.05) is 23.3 Å². The van der Waals surface area contributed by atoms with E-state index < -0.39 is 0 Å². The molecule has 2 nitrogen and oxygen atoms in total. The Labute approximate surface area is 129 Å². The molecule has 0 fully saturated rings. The molecule has 0 saturated carbocycles. The summed E-state index contributed by atoms with van der Waals surface area (Å²) < 4.78 is 5.31. The van der Waals surface area contributed by atoms with E-state index in [1.807, 2.05) is 0 Å². The van der Waals surface area contributed by atoms with Crippen LogP contribution in [0.15, 0.2) is 34.4 Å². The van der Waals surface area contributed by atoms with Crippen molar-refractivity contribution in [1.82, 2.24) is 0 Å². The molecule has 2 rings (SSSR count). The van der Waals surface area contributed by atoms with Gasteiger partial charge in [0.1, 0.15) is 6.61 Å². The standard InChI is InChI=1S/C19H28O2/c1-14(2)7-4-5-9-16-12-11-15(3)8-6-10-17-13-21-19(20)18(16)17/h7-8,16H,4-6,9-13H2,1-3H3. The Balaban J connectivity index is 2.07. The quantitative estimate of drug-likeness (QED) is 0.408. The highest BCUT2D eigenvalue weighted by atomic mass is 16.5. The number of hydrogen-bond donors (Lipinski definition) is 0. The Hall–Kier alpha value is -1.31. The van der Waals surface area contributed by atoms with Crippen molar-refractivity contribution < 1.29 is 9.53 Å². The molecule has 1 aliphatic carbocycles. The molecule has 0 amide bonds. The fourth-order valence-electron chi connectivity index (χ4n) is 3.30. The lowest BCUT2D eigenvalue weighted by Crippen LogP contribution is -2.12. The normalized spacial score (nSPS) is 22.7. The van der Waals surface area contributed by atoms with Crippen LogP contribution in [0.1, 0.15) is 65.7 Å². The Morgan fingerprint density at radius 2 is 2.19 bits per heavy atom. The van der Waals surface area contributed by atoms with E-state index in [0.29, 0.717) is 12.5 Å². The van der Waals surface area contributed by atoms with Gasteiger partial charge in [-0.25, -0.2) is 4.79 Å². The minimum Gasteiger partial charge on any atom is -0.458 e. The molecule has 0 saturated heterocycles. The maximum atomic E-state index is 12.1. The van der Waals surface area contributed by atoms with Crippen LogP contribution in [0.25, 0.3) is 0 Å². The number of hydrogen-bond acceptors (Lipinski definition) is 2. The first-order chi connectivity index (χ1) is 10.1. The van der Waals surface area contributed by atoms with E-state index >= 15 is 0 Å². The Morgan fingerprint density at radius 1 is 1.38 bits per heavy atom. The van der Waals surface area contributed by atoms with Crippen molar-refractivity contribution >= 4 is 5.97 Å². The van der Waals surface area contributed by atoms with Crippen molar-refractivity contribution in [2.24, 2.45) is 5.92 Å².